The van der Waals surface area contributed by atoms with Crippen LogP contribution >= 0.6 is 0 Å². The number of hydrogen-bond acceptors (Lipinski definition) is 5. The van der Waals surface area contributed by atoms with Gasteiger partial charge in [0.25, 0.3) is 0 Å². The van der Waals surface area contributed by atoms with Gasteiger partial charge in [0.05, 0.1) is 30.0 Å². The van der Waals surface area contributed by atoms with Gasteiger partial charge in [-0.3, -0.25) is 0 Å². The molecule has 1 heterocycles. The van der Waals surface area contributed by atoms with Crippen LogP contribution in [-0.2, 0) is 9.84 Å². The molecule has 1 aromatic carbocycles. The van der Waals surface area contributed by atoms with Crippen LogP contribution in [0.2, 0.25) is 0 Å². The highest BCUT2D eigenvalue weighted by Crippen LogP contribution is 2.28. The lowest BCUT2D eigenvalue weighted by atomic mass is 10.1. The maximum Gasteiger partial charge on any atom is 0.167 e. The van der Waals surface area contributed by atoms with Crippen LogP contribution < -0.4 is 15.8 Å². The van der Waals surface area contributed by atoms with Crippen LogP contribution in [0.25, 0.3) is 0 Å². The van der Waals surface area contributed by atoms with E-state index in [2.05, 4.69) is 5.32 Å². The predicted molar refractivity (Wildman–Crippen MR) is 72.6 cm³/mol. The molecule has 1 unspecified atom stereocenters. The predicted octanol–water partition coefficient (Wildman–Crippen LogP) is 1.26. The first-order valence-electron chi connectivity index (χ1n) is 5.98. The Bertz CT molecular complexity index is 575. The van der Waals surface area contributed by atoms with E-state index in [9.17, 15) is 12.8 Å². The van der Waals surface area contributed by atoms with Gasteiger partial charge in [-0.15, -0.1) is 0 Å². The number of sulfone groups is 1. The van der Waals surface area contributed by atoms with Gasteiger partial charge in [0.2, 0.25) is 0 Å². The van der Waals surface area contributed by atoms with E-state index < -0.39 is 15.7 Å². The molecule has 1 fully saturated rings. The van der Waals surface area contributed by atoms with Crippen molar-refractivity contribution in [2.45, 2.75) is 6.42 Å². The third kappa shape index (κ3) is 3.28. The topological polar surface area (TPSA) is 81.4 Å². The van der Waals surface area contributed by atoms with E-state index in [1.54, 1.807) is 0 Å². The van der Waals surface area contributed by atoms with Gasteiger partial charge in [-0.1, -0.05) is 0 Å². The second-order valence-electron chi connectivity index (χ2n) is 4.72. The number of nitrogens with two attached hydrogens (primary N) is 1. The quantitative estimate of drug-likeness (QED) is 0.815. The van der Waals surface area contributed by atoms with Crippen molar-refractivity contribution in [1.82, 2.24) is 0 Å². The SMILES string of the molecule is COc1cc(NCC2CCS(=O)(=O)C2)c(N)cc1F. The lowest BCUT2D eigenvalue weighted by molar-refractivity contribution is 0.387. The molecule has 1 aliphatic rings. The van der Waals surface area contributed by atoms with Crippen LogP contribution in [0, 0.1) is 11.7 Å². The number of methoxy groups -OCH3 is 1. The molecule has 0 amide bonds. The molecule has 1 atom stereocenters. The third-order valence-electron chi connectivity index (χ3n) is 3.23. The van der Waals surface area contributed by atoms with Gasteiger partial charge in [0, 0.05) is 18.7 Å². The fraction of sp³-hybridized carbons (Fsp3) is 0.500. The molecule has 0 aliphatic carbocycles. The Balaban J connectivity index is 2.04. The highest BCUT2D eigenvalue weighted by atomic mass is 32.2. The molecule has 1 aliphatic heterocycles. The first kappa shape index (κ1) is 13.9. The lowest BCUT2D eigenvalue weighted by Gasteiger charge is -2.14. The van der Waals surface area contributed by atoms with Gasteiger partial charge in [0.1, 0.15) is 0 Å². The van der Waals surface area contributed by atoms with E-state index in [4.69, 9.17) is 10.5 Å². The number of nitrogen functional groups attached to an aromatic ring is 1. The molecule has 0 spiro atoms. The van der Waals surface area contributed by atoms with Crippen molar-refractivity contribution in [3.63, 3.8) is 0 Å². The standard InChI is InChI=1S/C12H17FN2O3S/c1-18-12-5-11(10(14)4-9(12)13)15-6-8-2-3-19(16,17)7-8/h4-5,8,15H,2-3,6-7,14H2,1H3. The molecule has 7 heteroatoms. The van der Waals surface area contributed by atoms with Gasteiger partial charge in [-0.05, 0) is 12.3 Å². The van der Waals surface area contributed by atoms with Crippen molar-refractivity contribution >= 4 is 21.2 Å². The Labute approximate surface area is 111 Å². The smallest absolute Gasteiger partial charge is 0.167 e. The zero-order valence-corrected chi connectivity index (χ0v) is 11.5. The number of benzene rings is 1. The zero-order chi connectivity index (χ0) is 14.0. The van der Waals surface area contributed by atoms with Crippen molar-refractivity contribution < 1.29 is 17.5 Å². The minimum absolute atomic E-state index is 0.0699. The normalized spacial score (nSPS) is 21.3. The Morgan fingerprint density at radius 2 is 2.26 bits per heavy atom. The summed E-state index contributed by atoms with van der Waals surface area (Å²) in [6.45, 7) is 0.498. The van der Waals surface area contributed by atoms with E-state index >= 15 is 0 Å². The Kier molecular flexibility index (Phi) is 3.84. The van der Waals surface area contributed by atoms with Crippen molar-refractivity contribution in [2.24, 2.45) is 5.92 Å². The van der Waals surface area contributed by atoms with Gasteiger partial charge in [0.15, 0.2) is 21.4 Å². The highest BCUT2D eigenvalue weighted by Gasteiger charge is 2.27. The summed E-state index contributed by atoms with van der Waals surface area (Å²) in [7, 11) is -1.51. The molecule has 0 radical (unpaired) electrons. The van der Waals surface area contributed by atoms with E-state index in [1.165, 1.54) is 19.2 Å². The minimum Gasteiger partial charge on any atom is -0.494 e. The van der Waals surface area contributed by atoms with Crippen LogP contribution in [0.3, 0.4) is 0 Å². The van der Waals surface area contributed by atoms with Crippen molar-refractivity contribution in [3.8, 4) is 5.75 Å². The second-order valence-corrected chi connectivity index (χ2v) is 6.95. The average molecular weight is 288 g/mol. The minimum atomic E-state index is -2.89. The number of hydrogen-bond donors (Lipinski definition) is 2. The number of nitrogens with one attached hydrogen (secondary N) is 1. The molecule has 1 aromatic rings. The molecule has 2 rings (SSSR count). The monoisotopic (exact) mass is 288 g/mol. The first-order valence-corrected chi connectivity index (χ1v) is 7.81. The Hall–Kier alpha value is -1.50. The van der Waals surface area contributed by atoms with Crippen LogP contribution in [0.1, 0.15) is 6.42 Å². The van der Waals surface area contributed by atoms with Crippen LogP contribution in [0.4, 0.5) is 15.8 Å². The molecule has 106 valence electrons. The average Bonchev–Trinajstić information content (AvgIpc) is 2.68. The summed E-state index contributed by atoms with van der Waals surface area (Å²) in [5.41, 5.74) is 6.54. The molecule has 1 saturated heterocycles. The Morgan fingerprint density at radius 3 is 2.84 bits per heavy atom. The first-order chi connectivity index (χ1) is 8.91. The summed E-state index contributed by atoms with van der Waals surface area (Å²) >= 11 is 0. The molecular formula is C12H17FN2O3S. The Morgan fingerprint density at radius 1 is 1.53 bits per heavy atom. The van der Waals surface area contributed by atoms with Gasteiger partial charge < -0.3 is 15.8 Å². The number of anilines is 2. The van der Waals surface area contributed by atoms with Crippen molar-refractivity contribution in [2.75, 3.05) is 36.2 Å². The van der Waals surface area contributed by atoms with Crippen molar-refractivity contribution in [1.29, 1.82) is 0 Å². The van der Waals surface area contributed by atoms with E-state index in [0.29, 0.717) is 18.7 Å². The second kappa shape index (κ2) is 5.24. The third-order valence-corrected chi connectivity index (χ3v) is 5.07. The van der Waals surface area contributed by atoms with E-state index in [0.717, 1.165) is 0 Å². The largest absolute Gasteiger partial charge is 0.494 e. The fourth-order valence-electron chi connectivity index (χ4n) is 2.17. The molecule has 0 saturated carbocycles. The summed E-state index contributed by atoms with van der Waals surface area (Å²) in [5, 5.41) is 3.06. The number of rotatable bonds is 4. The number of halogens is 1. The molecule has 5 nitrogen and oxygen atoms in total. The fourth-order valence-corrected chi connectivity index (χ4v) is 4.03. The van der Waals surface area contributed by atoms with Gasteiger partial charge in [-0.2, -0.15) is 0 Å². The van der Waals surface area contributed by atoms with Gasteiger partial charge in [-0.25, -0.2) is 12.8 Å². The summed E-state index contributed by atoms with van der Waals surface area (Å²) in [4.78, 5) is 0. The van der Waals surface area contributed by atoms with Crippen molar-refractivity contribution in [3.05, 3.63) is 17.9 Å². The summed E-state index contributed by atoms with van der Waals surface area (Å²) in [6, 6.07) is 2.67. The zero-order valence-electron chi connectivity index (χ0n) is 10.6. The van der Waals surface area contributed by atoms with Crippen LogP contribution in [0.15, 0.2) is 12.1 Å². The maximum absolute atomic E-state index is 13.4. The lowest BCUT2D eigenvalue weighted by Crippen LogP contribution is -2.16. The molecule has 0 aromatic heterocycles. The molecular weight excluding hydrogens is 271 g/mol. The molecule has 0 bridgehead atoms. The summed E-state index contributed by atoms with van der Waals surface area (Å²) < 4.78 is 40.9. The van der Waals surface area contributed by atoms with Gasteiger partial charge >= 0.3 is 0 Å². The maximum atomic E-state index is 13.4. The van der Waals surface area contributed by atoms with E-state index in [-0.39, 0.29) is 28.9 Å². The summed E-state index contributed by atoms with van der Waals surface area (Å²) in [6.07, 6.45) is 0.646. The summed E-state index contributed by atoms with van der Waals surface area (Å²) in [5.74, 6) is 0.0879. The van der Waals surface area contributed by atoms with Crippen LogP contribution in [0.5, 0.6) is 5.75 Å². The highest BCUT2D eigenvalue weighted by molar-refractivity contribution is 7.91. The van der Waals surface area contributed by atoms with E-state index in [1.807, 2.05) is 0 Å². The molecule has 3 N–H and O–H groups in total. The van der Waals surface area contributed by atoms with Crippen LogP contribution in [-0.4, -0.2) is 33.6 Å². The number of ether oxygens (including phenoxy) is 1. The molecule has 19 heavy (non-hydrogen) atoms.